The van der Waals surface area contributed by atoms with Gasteiger partial charge in [0, 0.05) is 12.6 Å². The zero-order valence-corrected chi connectivity index (χ0v) is 7.98. The maximum Gasteiger partial charge on any atom is 0.218 e. The van der Waals surface area contributed by atoms with Crippen LogP contribution in [0, 0.1) is 5.95 Å². The molecule has 14 heavy (non-hydrogen) atoms. The number of anilines is 1. The van der Waals surface area contributed by atoms with Crippen LogP contribution < -0.4 is 4.90 Å². The van der Waals surface area contributed by atoms with Crippen molar-refractivity contribution >= 4 is 5.82 Å². The summed E-state index contributed by atoms with van der Waals surface area (Å²) in [6, 6.07) is 1.58. The van der Waals surface area contributed by atoms with Crippen LogP contribution in [0.3, 0.4) is 0 Å². The number of aromatic nitrogens is 2. The van der Waals surface area contributed by atoms with Crippen LogP contribution in [0.2, 0.25) is 0 Å². The smallest absolute Gasteiger partial charge is 0.218 e. The van der Waals surface area contributed by atoms with Crippen molar-refractivity contribution in [3.8, 4) is 0 Å². The number of rotatable bonds is 1. The van der Waals surface area contributed by atoms with Crippen molar-refractivity contribution in [3.05, 3.63) is 18.3 Å². The number of halogens is 1. The first-order valence-electron chi connectivity index (χ1n) is 4.59. The summed E-state index contributed by atoms with van der Waals surface area (Å²) in [5.41, 5.74) is 0. The molecule has 1 aromatic rings. The predicted molar refractivity (Wildman–Crippen MR) is 49.6 cm³/mol. The number of hydrogen-bond acceptors (Lipinski definition) is 4. The van der Waals surface area contributed by atoms with Crippen LogP contribution in [0.5, 0.6) is 0 Å². The maximum atomic E-state index is 12.8. The van der Waals surface area contributed by atoms with Gasteiger partial charge in [-0.1, -0.05) is 0 Å². The van der Waals surface area contributed by atoms with Crippen LogP contribution in [-0.2, 0) is 4.74 Å². The Labute approximate surface area is 81.7 Å². The molecule has 1 atom stereocenters. The van der Waals surface area contributed by atoms with Crippen LogP contribution in [-0.4, -0.2) is 35.8 Å². The van der Waals surface area contributed by atoms with Gasteiger partial charge in [0.05, 0.1) is 19.3 Å². The van der Waals surface area contributed by atoms with E-state index in [1.165, 1.54) is 12.4 Å². The summed E-state index contributed by atoms with van der Waals surface area (Å²) < 4.78 is 18.1. The number of hydrogen-bond donors (Lipinski definition) is 0. The normalized spacial score (nSPS) is 22.4. The molecule has 0 aliphatic carbocycles. The molecule has 0 N–H and O–H groups in total. The minimum atomic E-state index is -0.492. The molecule has 2 heterocycles. The Morgan fingerprint density at radius 1 is 1.57 bits per heavy atom. The summed E-state index contributed by atoms with van der Waals surface area (Å²) in [6.45, 7) is 4.10. The summed E-state index contributed by atoms with van der Waals surface area (Å²) >= 11 is 0. The Hall–Kier alpha value is -1.23. The molecule has 1 aromatic heterocycles. The molecular formula is C9H12FN3O. The van der Waals surface area contributed by atoms with Crippen LogP contribution in [0.1, 0.15) is 6.92 Å². The highest BCUT2D eigenvalue weighted by Gasteiger charge is 2.20. The van der Waals surface area contributed by atoms with E-state index in [0.717, 1.165) is 6.54 Å². The second kappa shape index (κ2) is 3.88. The molecule has 0 bridgehead atoms. The van der Waals surface area contributed by atoms with Crippen LogP contribution in [0.15, 0.2) is 12.4 Å². The molecule has 1 aliphatic heterocycles. The van der Waals surface area contributed by atoms with E-state index < -0.39 is 5.95 Å². The van der Waals surface area contributed by atoms with Crippen molar-refractivity contribution in [1.82, 2.24) is 9.97 Å². The van der Waals surface area contributed by atoms with Crippen molar-refractivity contribution in [3.63, 3.8) is 0 Å². The molecule has 0 amide bonds. The quantitative estimate of drug-likeness (QED) is 0.625. The van der Waals surface area contributed by atoms with E-state index in [1.54, 1.807) is 0 Å². The Kier molecular flexibility index (Phi) is 2.58. The maximum absolute atomic E-state index is 12.8. The van der Waals surface area contributed by atoms with E-state index in [2.05, 4.69) is 9.97 Å². The van der Waals surface area contributed by atoms with E-state index in [9.17, 15) is 4.39 Å². The summed E-state index contributed by atoms with van der Waals surface area (Å²) in [5.74, 6) is 0.141. The topological polar surface area (TPSA) is 38.2 Å². The van der Waals surface area contributed by atoms with E-state index in [4.69, 9.17) is 4.74 Å². The van der Waals surface area contributed by atoms with Gasteiger partial charge in [-0.05, 0) is 6.92 Å². The molecule has 0 saturated carbocycles. The lowest BCUT2D eigenvalue weighted by Gasteiger charge is -2.33. The molecular weight excluding hydrogens is 185 g/mol. The average molecular weight is 197 g/mol. The van der Waals surface area contributed by atoms with Gasteiger partial charge in [-0.3, -0.25) is 0 Å². The first-order valence-corrected chi connectivity index (χ1v) is 4.59. The van der Waals surface area contributed by atoms with Gasteiger partial charge in [0.15, 0.2) is 0 Å². The second-order valence-corrected chi connectivity index (χ2v) is 3.32. The van der Waals surface area contributed by atoms with Gasteiger partial charge in [-0.15, -0.1) is 0 Å². The van der Waals surface area contributed by atoms with E-state index in [1.807, 2.05) is 11.8 Å². The second-order valence-electron chi connectivity index (χ2n) is 3.32. The van der Waals surface area contributed by atoms with Gasteiger partial charge < -0.3 is 9.64 Å². The van der Waals surface area contributed by atoms with Crippen molar-refractivity contribution in [2.24, 2.45) is 0 Å². The summed E-state index contributed by atoms with van der Waals surface area (Å²) in [4.78, 5) is 9.48. The Morgan fingerprint density at radius 3 is 3.14 bits per heavy atom. The minimum Gasteiger partial charge on any atom is -0.377 e. The molecule has 0 aromatic carbocycles. The van der Waals surface area contributed by atoms with E-state index in [-0.39, 0.29) is 6.04 Å². The van der Waals surface area contributed by atoms with Gasteiger partial charge in [0.25, 0.3) is 0 Å². The van der Waals surface area contributed by atoms with Crippen molar-refractivity contribution in [2.75, 3.05) is 24.7 Å². The lowest BCUT2D eigenvalue weighted by molar-refractivity contribution is 0.0985. The summed E-state index contributed by atoms with van der Waals surface area (Å²) in [6.07, 6.45) is 1.24. The van der Waals surface area contributed by atoms with Gasteiger partial charge >= 0.3 is 0 Å². The van der Waals surface area contributed by atoms with Crippen molar-refractivity contribution in [1.29, 1.82) is 0 Å². The largest absolute Gasteiger partial charge is 0.377 e. The lowest BCUT2D eigenvalue weighted by atomic mass is 10.2. The molecule has 0 radical (unpaired) electrons. The van der Waals surface area contributed by atoms with Crippen LogP contribution in [0.25, 0.3) is 0 Å². The standard InChI is InChI=1S/C9H12FN3O/c1-7-5-14-3-2-13(7)9-4-8(10)11-6-12-9/h4,6-7H,2-3,5H2,1H3. The van der Waals surface area contributed by atoms with E-state index >= 15 is 0 Å². The highest BCUT2D eigenvalue weighted by atomic mass is 19.1. The van der Waals surface area contributed by atoms with Crippen LogP contribution in [0.4, 0.5) is 10.2 Å². The predicted octanol–water partition coefficient (Wildman–Crippen LogP) is 0.841. The molecule has 5 heteroatoms. The molecule has 76 valence electrons. The first-order chi connectivity index (χ1) is 6.77. The average Bonchev–Trinajstić information content (AvgIpc) is 2.18. The van der Waals surface area contributed by atoms with Gasteiger partial charge in [-0.2, -0.15) is 4.39 Å². The fourth-order valence-corrected chi connectivity index (χ4v) is 1.55. The van der Waals surface area contributed by atoms with Crippen molar-refractivity contribution < 1.29 is 9.13 Å². The molecule has 1 aliphatic rings. The fraction of sp³-hybridized carbons (Fsp3) is 0.556. The lowest BCUT2D eigenvalue weighted by Crippen LogP contribution is -2.44. The SMILES string of the molecule is CC1COCCN1c1cc(F)ncn1. The number of morpholine rings is 1. The van der Waals surface area contributed by atoms with Gasteiger partial charge in [0.2, 0.25) is 5.95 Å². The number of ether oxygens (including phenoxy) is 1. The first kappa shape index (κ1) is 9.33. The Balaban J connectivity index is 2.20. The van der Waals surface area contributed by atoms with Gasteiger partial charge in [-0.25, -0.2) is 9.97 Å². The Morgan fingerprint density at radius 2 is 2.43 bits per heavy atom. The molecule has 0 spiro atoms. The van der Waals surface area contributed by atoms with Crippen molar-refractivity contribution in [2.45, 2.75) is 13.0 Å². The fourth-order valence-electron chi connectivity index (χ4n) is 1.55. The highest BCUT2D eigenvalue weighted by Crippen LogP contribution is 2.16. The third-order valence-corrected chi connectivity index (χ3v) is 2.28. The molecule has 1 fully saturated rings. The minimum absolute atomic E-state index is 0.234. The Bertz CT molecular complexity index is 321. The molecule has 1 unspecified atom stereocenters. The summed E-state index contributed by atoms with van der Waals surface area (Å²) in [7, 11) is 0. The zero-order valence-electron chi connectivity index (χ0n) is 7.98. The third kappa shape index (κ3) is 1.82. The summed E-state index contributed by atoms with van der Waals surface area (Å²) in [5, 5.41) is 0. The van der Waals surface area contributed by atoms with E-state index in [0.29, 0.717) is 19.0 Å². The molecule has 1 saturated heterocycles. The molecule has 4 nitrogen and oxygen atoms in total. The van der Waals surface area contributed by atoms with Gasteiger partial charge in [0.1, 0.15) is 12.1 Å². The highest BCUT2D eigenvalue weighted by molar-refractivity contribution is 5.38. The van der Waals surface area contributed by atoms with Crippen LogP contribution >= 0.6 is 0 Å². The monoisotopic (exact) mass is 197 g/mol. The zero-order chi connectivity index (χ0) is 9.97. The number of nitrogens with zero attached hydrogens (tertiary/aromatic N) is 3. The molecule has 2 rings (SSSR count). The third-order valence-electron chi connectivity index (χ3n) is 2.28.